The van der Waals surface area contributed by atoms with Gasteiger partial charge in [-0.25, -0.2) is 0 Å². The van der Waals surface area contributed by atoms with Gasteiger partial charge in [-0.3, -0.25) is 0 Å². The third kappa shape index (κ3) is 6.19. The number of ether oxygens (including phenoxy) is 3. The number of nitrogens with zero attached hydrogens (tertiary/aromatic N) is 1. The molecular weight excluding hydrogens is 326 g/mol. The summed E-state index contributed by atoms with van der Waals surface area (Å²) in [6, 6.07) is 0. The van der Waals surface area contributed by atoms with Crippen LogP contribution >= 0.6 is 0 Å². The van der Waals surface area contributed by atoms with Crippen LogP contribution in [0.5, 0.6) is 0 Å². The van der Waals surface area contributed by atoms with E-state index in [2.05, 4.69) is 39.5 Å². The van der Waals surface area contributed by atoms with Crippen molar-refractivity contribution < 1.29 is 14.2 Å². The molecule has 0 bridgehead atoms. The van der Waals surface area contributed by atoms with E-state index in [1.54, 1.807) is 7.11 Å². The quantitative estimate of drug-likeness (QED) is 0.557. The van der Waals surface area contributed by atoms with Crippen LogP contribution in [0.2, 0.25) is 0 Å². The van der Waals surface area contributed by atoms with Crippen LogP contribution in [0.15, 0.2) is 0 Å². The van der Waals surface area contributed by atoms with Crippen molar-refractivity contribution in [2.75, 3.05) is 40.0 Å². The fraction of sp³-hybridized carbons (Fsp3) is 1.00. The van der Waals surface area contributed by atoms with E-state index in [-0.39, 0.29) is 11.9 Å². The van der Waals surface area contributed by atoms with Crippen LogP contribution in [-0.2, 0) is 14.2 Å². The summed E-state index contributed by atoms with van der Waals surface area (Å²) in [6.07, 6.45) is 7.23. The fourth-order valence-electron chi connectivity index (χ4n) is 5.05. The van der Waals surface area contributed by atoms with Crippen LogP contribution in [0, 0.1) is 17.3 Å². The topological polar surface area (TPSA) is 30.9 Å². The second-order valence-corrected chi connectivity index (χ2v) is 9.54. The Morgan fingerprint density at radius 1 is 1.19 bits per heavy atom. The lowest BCUT2D eigenvalue weighted by molar-refractivity contribution is -0.198. The Bertz CT molecular complexity index is 402. The number of rotatable bonds is 10. The maximum Gasteiger partial charge on any atom is 0.168 e. The summed E-state index contributed by atoms with van der Waals surface area (Å²) in [5.41, 5.74) is 0.427. The maximum atomic E-state index is 6.45. The molecule has 0 aromatic carbocycles. The van der Waals surface area contributed by atoms with Crippen molar-refractivity contribution in [2.24, 2.45) is 17.3 Å². The Balaban J connectivity index is 1.76. The molecule has 1 aliphatic heterocycles. The molecule has 1 saturated heterocycles. The van der Waals surface area contributed by atoms with E-state index >= 15 is 0 Å². The highest BCUT2D eigenvalue weighted by Gasteiger charge is 2.46. The van der Waals surface area contributed by atoms with Gasteiger partial charge in [-0.1, -0.05) is 34.6 Å². The second kappa shape index (κ2) is 9.86. The highest BCUT2D eigenvalue weighted by Crippen LogP contribution is 2.48. The van der Waals surface area contributed by atoms with E-state index in [0.717, 1.165) is 63.9 Å². The molecule has 1 heterocycles. The van der Waals surface area contributed by atoms with Crippen LogP contribution < -0.4 is 0 Å². The van der Waals surface area contributed by atoms with Gasteiger partial charge in [0.2, 0.25) is 0 Å². The van der Waals surface area contributed by atoms with E-state index in [4.69, 9.17) is 14.2 Å². The van der Waals surface area contributed by atoms with Gasteiger partial charge in [0.05, 0.1) is 19.3 Å². The molecule has 0 aromatic heterocycles. The van der Waals surface area contributed by atoms with Gasteiger partial charge in [0.25, 0.3) is 0 Å². The lowest BCUT2D eigenvalue weighted by Crippen LogP contribution is -2.40. The molecule has 1 unspecified atom stereocenters. The summed E-state index contributed by atoms with van der Waals surface area (Å²) >= 11 is 0. The number of likely N-dealkylation sites (N-methyl/N-ethyl adjacent to an activating group) is 1. The van der Waals surface area contributed by atoms with Crippen molar-refractivity contribution in [2.45, 2.75) is 85.0 Å². The van der Waals surface area contributed by atoms with Crippen LogP contribution in [-0.4, -0.2) is 56.7 Å². The molecule has 154 valence electrons. The predicted octanol–water partition coefficient (Wildman–Crippen LogP) is 4.72. The summed E-state index contributed by atoms with van der Waals surface area (Å²) in [5.74, 6) is 1.29. The van der Waals surface area contributed by atoms with Gasteiger partial charge in [0.15, 0.2) is 5.79 Å². The summed E-state index contributed by atoms with van der Waals surface area (Å²) in [6.45, 7) is 16.5. The summed E-state index contributed by atoms with van der Waals surface area (Å²) in [5, 5.41) is 0. The third-order valence-electron chi connectivity index (χ3n) is 6.53. The van der Waals surface area contributed by atoms with Crippen LogP contribution in [0.4, 0.5) is 0 Å². The van der Waals surface area contributed by atoms with E-state index < -0.39 is 0 Å². The minimum Gasteiger partial charge on any atom is -0.383 e. The Kier molecular flexibility index (Phi) is 8.39. The zero-order valence-electron chi connectivity index (χ0n) is 18.2. The largest absolute Gasteiger partial charge is 0.383 e. The van der Waals surface area contributed by atoms with Crippen LogP contribution in [0.1, 0.15) is 73.1 Å². The minimum absolute atomic E-state index is 0.256. The van der Waals surface area contributed by atoms with Gasteiger partial charge in [0.1, 0.15) is 0 Å². The summed E-state index contributed by atoms with van der Waals surface area (Å²) in [7, 11) is 1.77. The first-order valence-corrected chi connectivity index (χ1v) is 10.8. The highest BCUT2D eigenvalue weighted by molar-refractivity contribution is 4.90. The van der Waals surface area contributed by atoms with Gasteiger partial charge in [0, 0.05) is 33.0 Å². The SMILES string of the molecule is CCN(CCOC)CCC1COC2(CCC(C(C)(C)CC(C)C)CC2)O1. The van der Waals surface area contributed by atoms with E-state index in [9.17, 15) is 0 Å². The molecule has 1 saturated carbocycles. The molecule has 4 heteroatoms. The lowest BCUT2D eigenvalue weighted by atomic mass is 9.66. The average molecular weight is 370 g/mol. The van der Waals surface area contributed by atoms with Gasteiger partial charge in [-0.15, -0.1) is 0 Å². The minimum atomic E-state index is -0.279. The molecule has 0 amide bonds. The highest BCUT2D eigenvalue weighted by atomic mass is 16.7. The molecule has 2 aliphatic rings. The zero-order chi connectivity index (χ0) is 19.2. The van der Waals surface area contributed by atoms with Crippen LogP contribution in [0.3, 0.4) is 0 Å². The first kappa shape index (κ1) is 22.1. The standard InChI is InChI=1S/C22H43NO3/c1-7-23(14-15-24-6)13-10-20-17-25-22(26-20)11-8-19(9-12-22)21(4,5)16-18(2)3/h18-20H,7-17H2,1-6H3. The smallest absolute Gasteiger partial charge is 0.168 e. The van der Waals surface area contributed by atoms with Crippen LogP contribution in [0.25, 0.3) is 0 Å². The normalized spacial score (nSPS) is 30.0. The molecule has 1 aliphatic carbocycles. The molecule has 2 fully saturated rings. The van der Waals surface area contributed by atoms with Crippen molar-refractivity contribution in [3.8, 4) is 0 Å². The second-order valence-electron chi connectivity index (χ2n) is 9.54. The fourth-order valence-corrected chi connectivity index (χ4v) is 5.05. The third-order valence-corrected chi connectivity index (χ3v) is 6.53. The first-order valence-electron chi connectivity index (χ1n) is 10.8. The molecule has 1 atom stereocenters. The molecule has 1 spiro atoms. The Labute approximate surface area is 161 Å². The molecule has 0 radical (unpaired) electrons. The van der Waals surface area contributed by atoms with E-state index in [0.29, 0.717) is 5.41 Å². The Morgan fingerprint density at radius 2 is 1.88 bits per heavy atom. The number of hydrogen-bond donors (Lipinski definition) is 0. The summed E-state index contributed by atoms with van der Waals surface area (Å²) < 4.78 is 17.9. The predicted molar refractivity (Wildman–Crippen MR) is 107 cm³/mol. The van der Waals surface area contributed by atoms with Gasteiger partial charge in [-0.05, 0) is 49.5 Å². The van der Waals surface area contributed by atoms with Crippen molar-refractivity contribution in [1.82, 2.24) is 4.90 Å². The zero-order valence-corrected chi connectivity index (χ0v) is 18.2. The number of methoxy groups -OCH3 is 1. The monoisotopic (exact) mass is 369 g/mol. The molecule has 2 rings (SSSR count). The molecule has 26 heavy (non-hydrogen) atoms. The first-order chi connectivity index (χ1) is 12.3. The average Bonchev–Trinajstić information content (AvgIpc) is 2.97. The maximum absolute atomic E-state index is 6.45. The van der Waals surface area contributed by atoms with Gasteiger partial charge < -0.3 is 19.1 Å². The lowest BCUT2D eigenvalue weighted by Gasteiger charge is -2.43. The van der Waals surface area contributed by atoms with Crippen molar-refractivity contribution in [3.63, 3.8) is 0 Å². The molecule has 0 aromatic rings. The van der Waals surface area contributed by atoms with Gasteiger partial charge in [-0.2, -0.15) is 0 Å². The van der Waals surface area contributed by atoms with Crippen molar-refractivity contribution >= 4 is 0 Å². The summed E-state index contributed by atoms with van der Waals surface area (Å²) in [4.78, 5) is 2.43. The van der Waals surface area contributed by atoms with E-state index in [1.807, 2.05) is 0 Å². The Morgan fingerprint density at radius 3 is 2.46 bits per heavy atom. The molecule has 4 nitrogen and oxygen atoms in total. The number of hydrogen-bond acceptors (Lipinski definition) is 4. The Hall–Kier alpha value is -0.160. The molecule has 0 N–H and O–H groups in total. The molecular formula is C22H43NO3. The van der Waals surface area contributed by atoms with Crippen molar-refractivity contribution in [1.29, 1.82) is 0 Å². The van der Waals surface area contributed by atoms with E-state index in [1.165, 1.54) is 19.3 Å². The van der Waals surface area contributed by atoms with Gasteiger partial charge >= 0.3 is 0 Å². The van der Waals surface area contributed by atoms with Crippen molar-refractivity contribution in [3.05, 3.63) is 0 Å².